The topological polar surface area (TPSA) is 172 Å². The lowest BCUT2D eigenvalue weighted by Crippen LogP contribution is -2.58. The summed E-state index contributed by atoms with van der Waals surface area (Å²) in [6.45, 7) is 5.08. The normalized spacial score (nSPS) is 20.5. The van der Waals surface area contributed by atoms with Gasteiger partial charge in [0.1, 0.15) is 35.4 Å². The van der Waals surface area contributed by atoms with Crippen molar-refractivity contribution < 1.29 is 23.9 Å². The van der Waals surface area contributed by atoms with E-state index in [9.17, 15) is 19.2 Å². The Bertz CT molecular complexity index is 2430. The summed E-state index contributed by atoms with van der Waals surface area (Å²) in [5, 5.41) is 8.15. The van der Waals surface area contributed by atoms with Crippen LogP contribution in [0.25, 0.3) is 22.3 Å². The summed E-state index contributed by atoms with van der Waals surface area (Å²) in [5.74, 6) is 2.10. The van der Waals surface area contributed by atoms with Gasteiger partial charge < -0.3 is 30.1 Å². The highest BCUT2D eigenvalue weighted by Gasteiger charge is 2.41. The number of carbonyl (C=O) groups excluding carboxylic acids is 4. The summed E-state index contributed by atoms with van der Waals surface area (Å²) >= 11 is 0. The summed E-state index contributed by atoms with van der Waals surface area (Å²) in [6, 6.07) is 23.0. The van der Waals surface area contributed by atoms with Gasteiger partial charge in [-0.25, -0.2) is 19.4 Å². The van der Waals surface area contributed by atoms with E-state index < -0.39 is 11.9 Å². The molecule has 5 aliphatic rings. The molecule has 0 radical (unpaired) electrons. The third kappa shape index (κ3) is 6.87. The van der Waals surface area contributed by atoms with Crippen LogP contribution in [0.1, 0.15) is 60.5 Å². The Kier molecular flexibility index (Phi) is 9.37. The molecule has 4 saturated heterocycles. The van der Waals surface area contributed by atoms with Crippen LogP contribution in [0.4, 0.5) is 16.3 Å². The van der Waals surface area contributed by atoms with E-state index in [1.165, 1.54) is 6.33 Å². The van der Waals surface area contributed by atoms with E-state index >= 15 is 0 Å². The van der Waals surface area contributed by atoms with Crippen molar-refractivity contribution >= 4 is 46.3 Å². The minimum atomic E-state index is -0.614. The van der Waals surface area contributed by atoms with Gasteiger partial charge in [0, 0.05) is 69.0 Å². The number of rotatable bonds is 7. The smallest absolute Gasteiger partial charge is 0.320 e. The number of fused-ring (bicyclic) bond motifs is 2. The van der Waals surface area contributed by atoms with Gasteiger partial charge in [-0.05, 0) is 104 Å². The average Bonchev–Trinajstić information content (AvgIpc) is 3.79. The molecule has 0 bridgehead atoms. The lowest BCUT2D eigenvalue weighted by molar-refractivity contribution is -0.136. The number of nitrogens with two attached hydrogens (primary N) is 1. The third-order valence-corrected chi connectivity index (χ3v) is 13.0. The zero-order chi connectivity index (χ0) is 40.2. The Morgan fingerprint density at radius 2 is 1.54 bits per heavy atom. The highest BCUT2D eigenvalue weighted by atomic mass is 16.5. The molecule has 302 valence electrons. The number of piperidine rings is 3. The Morgan fingerprint density at radius 1 is 0.797 bits per heavy atom. The molecular weight excluding hydrogens is 749 g/mol. The number of likely N-dealkylation sites (tertiary alicyclic amines) is 2. The molecule has 5 aliphatic heterocycles. The van der Waals surface area contributed by atoms with Crippen molar-refractivity contribution in [2.45, 2.75) is 57.2 Å². The zero-order valence-corrected chi connectivity index (χ0v) is 32.7. The molecule has 1 unspecified atom stereocenters. The molecule has 0 spiro atoms. The van der Waals surface area contributed by atoms with Crippen LogP contribution in [-0.2, 0) is 16.1 Å². The van der Waals surface area contributed by atoms with Crippen LogP contribution in [0.5, 0.6) is 11.5 Å². The molecule has 5 aromatic rings. The lowest BCUT2D eigenvalue weighted by atomic mass is 9.79. The number of aromatic nitrogens is 4. The number of hydrogen-bond acceptors (Lipinski definition) is 10. The van der Waals surface area contributed by atoms with Crippen molar-refractivity contribution in [3.05, 3.63) is 90.3 Å². The first-order valence-electron chi connectivity index (χ1n) is 20.7. The Hall–Kier alpha value is -6.51. The molecule has 3 aromatic carbocycles. The van der Waals surface area contributed by atoms with Gasteiger partial charge in [-0.3, -0.25) is 19.7 Å². The van der Waals surface area contributed by atoms with E-state index in [1.807, 2.05) is 81.2 Å². The Labute approximate surface area is 341 Å². The first-order valence-corrected chi connectivity index (χ1v) is 20.7. The van der Waals surface area contributed by atoms with Crippen LogP contribution in [0.3, 0.4) is 0 Å². The van der Waals surface area contributed by atoms with E-state index in [4.69, 9.17) is 15.6 Å². The number of nitrogens with one attached hydrogen (secondary N) is 1. The summed E-state index contributed by atoms with van der Waals surface area (Å²) in [7, 11) is 0. The molecule has 7 heterocycles. The van der Waals surface area contributed by atoms with Crippen molar-refractivity contribution in [3.63, 3.8) is 0 Å². The van der Waals surface area contributed by atoms with E-state index in [-0.39, 0.29) is 30.3 Å². The van der Waals surface area contributed by atoms with Crippen LogP contribution in [0.2, 0.25) is 0 Å². The number of nitrogen functional groups attached to an aromatic ring is 1. The van der Waals surface area contributed by atoms with E-state index in [1.54, 1.807) is 4.90 Å². The second-order valence-electron chi connectivity index (χ2n) is 16.4. The molecule has 15 nitrogen and oxygen atoms in total. The van der Waals surface area contributed by atoms with Gasteiger partial charge >= 0.3 is 6.03 Å². The maximum absolute atomic E-state index is 13.7. The predicted octanol–water partition coefficient (Wildman–Crippen LogP) is 5.23. The van der Waals surface area contributed by atoms with E-state index in [2.05, 4.69) is 26.3 Å². The average molecular weight is 795 g/mol. The van der Waals surface area contributed by atoms with Crippen LogP contribution in [0, 0.1) is 11.8 Å². The van der Waals surface area contributed by atoms with Crippen LogP contribution < -0.4 is 20.7 Å². The van der Waals surface area contributed by atoms with Crippen molar-refractivity contribution in [2.24, 2.45) is 11.8 Å². The molecule has 2 aromatic heterocycles. The minimum absolute atomic E-state index is 0.0649. The van der Waals surface area contributed by atoms with Gasteiger partial charge in [0.2, 0.25) is 11.8 Å². The molecule has 0 saturated carbocycles. The fourth-order valence-corrected chi connectivity index (χ4v) is 9.61. The largest absolute Gasteiger partial charge is 0.457 e. The highest BCUT2D eigenvalue weighted by Crippen LogP contribution is 2.38. The SMILES string of the molecule is Nc1ncnc2c1c(-c1ccc(Oc3ccccc3)cc1)nn2C1CCN(C(=O)N2CC(C3CCN(c4ccc5c(c4)CN(C4CCC(=O)NC4=O)C5=O)CC3)C2)CC1. The molecule has 59 heavy (non-hydrogen) atoms. The number of nitrogens with zero attached hydrogens (tertiary/aromatic N) is 8. The highest BCUT2D eigenvalue weighted by molar-refractivity contribution is 6.05. The van der Waals surface area contributed by atoms with Crippen molar-refractivity contribution in [3.8, 4) is 22.8 Å². The van der Waals surface area contributed by atoms with Crippen molar-refractivity contribution in [1.29, 1.82) is 0 Å². The quantitative estimate of drug-likeness (QED) is 0.208. The first kappa shape index (κ1) is 36.8. The maximum Gasteiger partial charge on any atom is 0.320 e. The van der Waals surface area contributed by atoms with E-state index in [0.717, 1.165) is 91.3 Å². The molecular formula is C44H46N10O5. The number of carbonyl (C=O) groups is 4. The number of benzene rings is 3. The molecule has 4 fully saturated rings. The molecule has 0 aliphatic carbocycles. The van der Waals surface area contributed by atoms with Gasteiger partial charge in [0.05, 0.1) is 11.4 Å². The predicted molar refractivity (Wildman–Crippen MR) is 219 cm³/mol. The van der Waals surface area contributed by atoms with Crippen LogP contribution in [0.15, 0.2) is 79.1 Å². The van der Waals surface area contributed by atoms with E-state index in [0.29, 0.717) is 54.9 Å². The monoisotopic (exact) mass is 794 g/mol. The lowest BCUT2D eigenvalue weighted by Gasteiger charge is -2.48. The number of anilines is 2. The van der Waals surface area contributed by atoms with Crippen LogP contribution in [-0.4, -0.2) is 104 Å². The minimum Gasteiger partial charge on any atom is -0.457 e. The standard InChI is InChI=1S/C44H46N10O5/c45-40-38-39(28-6-9-34(10-7-28)59-33-4-2-1-3-5-33)49-54(41(38)47-26-46-40)31-16-20-51(21-17-31)44(58)52-23-30(24-52)27-14-18-50(19-15-27)32-8-11-35-29(22-32)25-53(43(35)57)36-12-13-37(55)48-42(36)56/h1-11,22,26-27,30-31,36H,12-21,23-25H2,(H2,45,46,47)(H,48,55,56). The second-order valence-corrected chi connectivity index (χ2v) is 16.4. The number of imide groups is 1. The summed E-state index contributed by atoms with van der Waals surface area (Å²) in [6.07, 6.45) is 5.70. The van der Waals surface area contributed by atoms with Crippen LogP contribution >= 0.6 is 0 Å². The first-order chi connectivity index (χ1) is 28.8. The number of ether oxygens (including phenoxy) is 1. The zero-order valence-electron chi connectivity index (χ0n) is 32.7. The Balaban J connectivity index is 0.717. The van der Waals surface area contributed by atoms with Crippen molar-refractivity contribution in [1.82, 2.24) is 39.8 Å². The third-order valence-electron chi connectivity index (χ3n) is 13.0. The number of hydrogen-bond donors (Lipinski definition) is 2. The van der Waals surface area contributed by atoms with Gasteiger partial charge in [-0.2, -0.15) is 5.10 Å². The summed E-state index contributed by atoms with van der Waals surface area (Å²) < 4.78 is 7.97. The number of urea groups is 1. The van der Waals surface area contributed by atoms with Crippen molar-refractivity contribution in [2.75, 3.05) is 49.9 Å². The molecule has 5 amide bonds. The number of para-hydroxylation sites is 1. The Morgan fingerprint density at radius 3 is 2.29 bits per heavy atom. The molecule has 1 atom stereocenters. The second kappa shape index (κ2) is 15.0. The van der Waals surface area contributed by atoms with Gasteiger partial charge in [0.15, 0.2) is 5.65 Å². The van der Waals surface area contributed by atoms with Gasteiger partial charge in [-0.1, -0.05) is 18.2 Å². The fraction of sp³-hybridized carbons (Fsp3) is 0.386. The van der Waals surface area contributed by atoms with Gasteiger partial charge in [0.25, 0.3) is 5.91 Å². The summed E-state index contributed by atoms with van der Waals surface area (Å²) in [5.41, 5.74) is 11.4. The molecule has 3 N–H and O–H groups in total. The summed E-state index contributed by atoms with van der Waals surface area (Å²) in [4.78, 5) is 67.8. The maximum atomic E-state index is 13.7. The fourth-order valence-electron chi connectivity index (χ4n) is 9.61. The molecule has 15 heteroatoms. The van der Waals surface area contributed by atoms with Gasteiger partial charge in [-0.15, -0.1) is 0 Å². The number of amides is 5. The molecule has 10 rings (SSSR count).